The molecule has 0 saturated carbocycles. The lowest BCUT2D eigenvalue weighted by atomic mass is 10.1. The number of hydrazone groups is 1. The Kier molecular flexibility index (Phi) is 5.11. The minimum atomic E-state index is -1.28. The van der Waals surface area contributed by atoms with E-state index < -0.39 is 12.0 Å². The van der Waals surface area contributed by atoms with Crippen molar-refractivity contribution in [1.82, 2.24) is 5.43 Å². The highest BCUT2D eigenvalue weighted by atomic mass is 16.5. The van der Waals surface area contributed by atoms with E-state index in [1.54, 1.807) is 42.5 Å². The lowest BCUT2D eigenvalue weighted by molar-refractivity contribution is -0.129. The fourth-order valence-corrected chi connectivity index (χ4v) is 1.79. The Morgan fingerprint density at radius 3 is 2.68 bits per heavy atom. The monoisotopic (exact) mass is 300 g/mol. The Morgan fingerprint density at radius 2 is 2.00 bits per heavy atom. The molecule has 0 aliphatic rings. The number of benzene rings is 2. The van der Waals surface area contributed by atoms with E-state index in [1.165, 1.54) is 19.4 Å². The van der Waals surface area contributed by atoms with Crippen LogP contribution in [-0.2, 0) is 4.79 Å². The molecule has 114 valence electrons. The molecule has 6 nitrogen and oxygen atoms in total. The molecule has 0 bridgehead atoms. The summed E-state index contributed by atoms with van der Waals surface area (Å²) in [7, 11) is 1.44. The standard InChI is InChI=1S/C16H16N2O4/c1-22-14-9-11(7-8-13(14)19)10-17-18-16(21)15(20)12-5-3-2-4-6-12/h2-10,15,19-20H,1H3,(H,18,21)/b17-10+/t15-/m0/s1. The van der Waals surface area contributed by atoms with Crippen LogP contribution in [0.2, 0.25) is 0 Å². The Hall–Kier alpha value is -2.86. The number of nitrogens with zero attached hydrogens (tertiary/aromatic N) is 1. The van der Waals surface area contributed by atoms with Crippen molar-refractivity contribution in [3.63, 3.8) is 0 Å². The average Bonchev–Trinajstić information content (AvgIpc) is 2.56. The smallest absolute Gasteiger partial charge is 0.273 e. The van der Waals surface area contributed by atoms with Gasteiger partial charge < -0.3 is 14.9 Å². The maximum absolute atomic E-state index is 11.8. The maximum Gasteiger partial charge on any atom is 0.273 e. The van der Waals surface area contributed by atoms with Crippen LogP contribution in [0.3, 0.4) is 0 Å². The number of phenols is 1. The van der Waals surface area contributed by atoms with Gasteiger partial charge in [-0.2, -0.15) is 5.10 Å². The highest BCUT2D eigenvalue weighted by molar-refractivity contribution is 5.85. The highest BCUT2D eigenvalue weighted by Gasteiger charge is 2.15. The molecule has 0 saturated heterocycles. The van der Waals surface area contributed by atoms with Gasteiger partial charge in [-0.15, -0.1) is 0 Å². The van der Waals surface area contributed by atoms with Gasteiger partial charge in [-0.05, 0) is 29.3 Å². The predicted molar refractivity (Wildman–Crippen MR) is 81.8 cm³/mol. The zero-order valence-electron chi connectivity index (χ0n) is 11.9. The maximum atomic E-state index is 11.8. The fraction of sp³-hybridized carbons (Fsp3) is 0.125. The SMILES string of the molecule is COc1cc(/C=N/NC(=O)[C@@H](O)c2ccccc2)ccc1O. The molecule has 0 aromatic heterocycles. The van der Waals surface area contributed by atoms with Gasteiger partial charge in [0.15, 0.2) is 17.6 Å². The number of carbonyl (C=O) groups excluding carboxylic acids is 1. The topological polar surface area (TPSA) is 91.2 Å². The first-order valence-electron chi connectivity index (χ1n) is 6.54. The molecule has 0 heterocycles. The van der Waals surface area contributed by atoms with E-state index in [9.17, 15) is 15.0 Å². The van der Waals surface area contributed by atoms with Crippen molar-refractivity contribution in [2.75, 3.05) is 7.11 Å². The summed E-state index contributed by atoms with van der Waals surface area (Å²) >= 11 is 0. The second-order valence-electron chi connectivity index (χ2n) is 4.48. The van der Waals surface area contributed by atoms with E-state index in [0.29, 0.717) is 16.9 Å². The molecule has 1 atom stereocenters. The lowest BCUT2D eigenvalue weighted by Gasteiger charge is -2.08. The Bertz CT molecular complexity index is 671. The number of phenolic OH excluding ortho intramolecular Hbond substituents is 1. The first-order valence-corrected chi connectivity index (χ1v) is 6.54. The van der Waals surface area contributed by atoms with Crippen molar-refractivity contribution in [2.45, 2.75) is 6.10 Å². The number of hydrogen-bond donors (Lipinski definition) is 3. The molecule has 2 aromatic rings. The van der Waals surface area contributed by atoms with Gasteiger partial charge in [0, 0.05) is 0 Å². The Morgan fingerprint density at radius 1 is 1.27 bits per heavy atom. The van der Waals surface area contributed by atoms with Crippen LogP contribution in [0.1, 0.15) is 17.2 Å². The number of ether oxygens (including phenoxy) is 1. The van der Waals surface area contributed by atoms with Crippen LogP contribution in [0.4, 0.5) is 0 Å². The zero-order chi connectivity index (χ0) is 15.9. The van der Waals surface area contributed by atoms with E-state index in [4.69, 9.17) is 4.74 Å². The highest BCUT2D eigenvalue weighted by Crippen LogP contribution is 2.25. The van der Waals surface area contributed by atoms with Crippen LogP contribution < -0.4 is 10.2 Å². The third kappa shape index (κ3) is 3.83. The van der Waals surface area contributed by atoms with Crippen molar-refractivity contribution in [3.05, 3.63) is 59.7 Å². The largest absolute Gasteiger partial charge is 0.504 e. The van der Waals surface area contributed by atoms with Gasteiger partial charge in [0.2, 0.25) is 0 Å². The molecule has 0 unspecified atom stereocenters. The van der Waals surface area contributed by atoms with Crippen LogP contribution in [0.25, 0.3) is 0 Å². The molecule has 0 radical (unpaired) electrons. The Balaban J connectivity index is 1.99. The number of aliphatic hydroxyl groups excluding tert-OH is 1. The van der Waals surface area contributed by atoms with Gasteiger partial charge in [-0.3, -0.25) is 4.79 Å². The van der Waals surface area contributed by atoms with Gasteiger partial charge in [0.05, 0.1) is 13.3 Å². The van der Waals surface area contributed by atoms with E-state index in [1.807, 2.05) is 0 Å². The van der Waals surface area contributed by atoms with Crippen LogP contribution in [0.15, 0.2) is 53.6 Å². The molecule has 0 spiro atoms. The molecule has 22 heavy (non-hydrogen) atoms. The molecule has 0 aliphatic carbocycles. The number of methoxy groups -OCH3 is 1. The summed E-state index contributed by atoms with van der Waals surface area (Å²) in [5.41, 5.74) is 3.38. The van der Waals surface area contributed by atoms with Crippen LogP contribution in [0.5, 0.6) is 11.5 Å². The number of aliphatic hydroxyl groups is 1. The lowest BCUT2D eigenvalue weighted by Crippen LogP contribution is -2.25. The van der Waals surface area contributed by atoms with Crippen molar-refractivity contribution >= 4 is 12.1 Å². The van der Waals surface area contributed by atoms with Crippen molar-refractivity contribution < 1.29 is 19.7 Å². The van der Waals surface area contributed by atoms with E-state index >= 15 is 0 Å². The average molecular weight is 300 g/mol. The molecular weight excluding hydrogens is 284 g/mol. The summed E-state index contributed by atoms with van der Waals surface area (Å²) < 4.78 is 4.97. The summed E-state index contributed by atoms with van der Waals surface area (Å²) in [6.45, 7) is 0. The van der Waals surface area contributed by atoms with E-state index in [-0.39, 0.29) is 5.75 Å². The van der Waals surface area contributed by atoms with Crippen molar-refractivity contribution in [1.29, 1.82) is 0 Å². The molecule has 6 heteroatoms. The quantitative estimate of drug-likeness (QED) is 0.577. The van der Waals surface area contributed by atoms with Crippen LogP contribution >= 0.6 is 0 Å². The summed E-state index contributed by atoms with van der Waals surface area (Å²) in [6, 6.07) is 13.2. The van der Waals surface area contributed by atoms with Crippen molar-refractivity contribution in [2.24, 2.45) is 5.10 Å². The summed E-state index contributed by atoms with van der Waals surface area (Å²) in [4.78, 5) is 11.8. The molecule has 1 amide bonds. The normalized spacial score (nSPS) is 12.1. The zero-order valence-corrected chi connectivity index (χ0v) is 11.9. The summed E-state index contributed by atoms with van der Waals surface area (Å²) in [6.07, 6.45) is 0.102. The second kappa shape index (κ2) is 7.24. The first-order chi connectivity index (χ1) is 10.6. The minimum absolute atomic E-state index is 0.0168. The number of nitrogens with one attached hydrogen (secondary N) is 1. The van der Waals surface area contributed by atoms with Crippen molar-refractivity contribution in [3.8, 4) is 11.5 Å². The number of rotatable bonds is 5. The summed E-state index contributed by atoms with van der Waals surface area (Å²) in [5, 5.41) is 23.1. The predicted octanol–water partition coefficient (Wildman–Crippen LogP) is 1.58. The molecule has 0 aliphatic heterocycles. The molecule has 3 N–H and O–H groups in total. The summed E-state index contributed by atoms with van der Waals surface area (Å²) in [5.74, 6) is -0.309. The van der Waals surface area contributed by atoms with Crippen LogP contribution in [-0.4, -0.2) is 29.4 Å². The first kappa shape index (κ1) is 15.5. The van der Waals surface area contributed by atoms with Gasteiger partial charge in [-0.25, -0.2) is 5.43 Å². The second-order valence-corrected chi connectivity index (χ2v) is 4.48. The van der Waals surface area contributed by atoms with E-state index in [2.05, 4.69) is 10.5 Å². The fourth-order valence-electron chi connectivity index (χ4n) is 1.79. The van der Waals surface area contributed by atoms with E-state index in [0.717, 1.165) is 0 Å². The number of carbonyl (C=O) groups is 1. The van der Waals surface area contributed by atoms with Gasteiger partial charge in [-0.1, -0.05) is 30.3 Å². The minimum Gasteiger partial charge on any atom is -0.504 e. The Labute approximate surface area is 127 Å². The van der Waals surface area contributed by atoms with Gasteiger partial charge in [0.25, 0.3) is 5.91 Å². The number of amides is 1. The molecule has 2 rings (SSSR count). The number of hydrogen-bond acceptors (Lipinski definition) is 5. The third-order valence-corrected chi connectivity index (χ3v) is 2.96. The molecule has 0 fully saturated rings. The molecule has 2 aromatic carbocycles. The van der Waals surface area contributed by atoms with Gasteiger partial charge >= 0.3 is 0 Å². The van der Waals surface area contributed by atoms with Crippen LogP contribution in [0, 0.1) is 0 Å². The van der Waals surface area contributed by atoms with Gasteiger partial charge in [0.1, 0.15) is 0 Å². The number of aromatic hydroxyl groups is 1. The third-order valence-electron chi connectivity index (χ3n) is 2.96. The molecular formula is C16H16N2O4.